The van der Waals surface area contributed by atoms with Crippen LogP contribution in [0.4, 0.5) is 0 Å². The van der Waals surface area contributed by atoms with Crippen LogP contribution in [0.25, 0.3) is 0 Å². The van der Waals surface area contributed by atoms with E-state index in [-0.39, 0.29) is 18.6 Å². The van der Waals surface area contributed by atoms with Crippen molar-refractivity contribution in [2.24, 2.45) is 0 Å². The highest BCUT2D eigenvalue weighted by Gasteiger charge is 2.36. The largest absolute Gasteiger partial charge is 0.277 e. The van der Waals surface area contributed by atoms with Crippen LogP contribution < -0.4 is 0 Å². The van der Waals surface area contributed by atoms with Crippen LogP contribution in [0, 0.1) is 6.92 Å². The van der Waals surface area contributed by atoms with Crippen molar-refractivity contribution in [2.45, 2.75) is 38.1 Å². The summed E-state index contributed by atoms with van der Waals surface area (Å²) in [5, 5.41) is 0. The standard InChI is InChI=1S/C22H26B2N2O2S/c1-19-14-15-22(18-25-19)29(27,28)26(23(2)16-20-10-6-4-7-11-20)24(3)17-21-12-8-5-9-13-21/h4-15,18H,16-17H2,1-3H3. The molecule has 29 heavy (non-hydrogen) atoms. The van der Waals surface area contributed by atoms with Crippen LogP contribution in [0.5, 0.6) is 0 Å². The summed E-state index contributed by atoms with van der Waals surface area (Å²) < 4.78 is 28.8. The van der Waals surface area contributed by atoms with Gasteiger partial charge in [-0.1, -0.05) is 85.4 Å². The Kier molecular flexibility index (Phi) is 6.93. The number of aromatic nitrogens is 1. The van der Waals surface area contributed by atoms with Crippen molar-refractivity contribution >= 4 is 23.7 Å². The predicted molar refractivity (Wildman–Crippen MR) is 122 cm³/mol. The number of hydrogen-bond acceptors (Lipinski definition) is 3. The molecule has 0 radical (unpaired) electrons. The minimum atomic E-state index is -3.69. The maximum Gasteiger partial charge on any atom is 0.229 e. The zero-order valence-corrected chi connectivity index (χ0v) is 18.0. The summed E-state index contributed by atoms with van der Waals surface area (Å²) in [7, 11) is -3.69. The van der Waals surface area contributed by atoms with Gasteiger partial charge in [0, 0.05) is 11.9 Å². The number of benzene rings is 2. The van der Waals surface area contributed by atoms with Gasteiger partial charge < -0.3 is 0 Å². The first-order chi connectivity index (χ1) is 13.9. The van der Waals surface area contributed by atoms with E-state index in [4.69, 9.17) is 0 Å². The lowest BCUT2D eigenvalue weighted by Crippen LogP contribution is -2.52. The Morgan fingerprint density at radius 3 is 1.69 bits per heavy atom. The van der Waals surface area contributed by atoms with E-state index in [0.29, 0.717) is 12.6 Å². The molecule has 148 valence electrons. The van der Waals surface area contributed by atoms with Crippen molar-refractivity contribution in [3.8, 4) is 0 Å². The number of sulfonamides is 1. The molecule has 0 aliphatic heterocycles. The molecular formula is C22H26B2N2O2S. The first-order valence-electron chi connectivity index (χ1n) is 9.92. The summed E-state index contributed by atoms with van der Waals surface area (Å²) >= 11 is 0. The molecule has 0 amide bonds. The SMILES string of the molecule is CB(Cc1ccccc1)N(B(C)Cc1ccccc1)S(=O)(=O)c1ccc(C)nc1. The van der Waals surface area contributed by atoms with Crippen molar-refractivity contribution in [2.75, 3.05) is 0 Å². The Bertz CT molecular complexity index is 966. The Hall–Kier alpha value is -2.37. The summed E-state index contributed by atoms with van der Waals surface area (Å²) in [6.07, 6.45) is 2.76. The van der Waals surface area contributed by atoms with Gasteiger partial charge in [0.15, 0.2) is 0 Å². The number of hydrogen-bond donors (Lipinski definition) is 0. The second kappa shape index (κ2) is 9.42. The van der Waals surface area contributed by atoms with E-state index in [1.807, 2.05) is 81.2 Å². The topological polar surface area (TPSA) is 50.3 Å². The predicted octanol–water partition coefficient (Wildman–Crippen LogP) is 4.19. The molecular weight excluding hydrogens is 378 g/mol. The summed E-state index contributed by atoms with van der Waals surface area (Å²) in [6, 6.07) is 23.4. The van der Waals surface area contributed by atoms with Gasteiger partial charge in [0.1, 0.15) is 0 Å². The Morgan fingerprint density at radius 1 is 0.793 bits per heavy atom. The lowest BCUT2D eigenvalue weighted by Gasteiger charge is -2.31. The van der Waals surface area contributed by atoms with Crippen molar-refractivity contribution in [1.29, 1.82) is 0 Å². The highest BCUT2D eigenvalue weighted by molar-refractivity contribution is 7.91. The van der Waals surface area contributed by atoms with Gasteiger partial charge in [-0.2, -0.15) is 0 Å². The van der Waals surface area contributed by atoms with Gasteiger partial charge in [0.2, 0.25) is 23.7 Å². The van der Waals surface area contributed by atoms with Crippen LogP contribution in [-0.2, 0) is 22.7 Å². The first kappa shape index (κ1) is 21.3. The second-order valence-electron chi connectivity index (χ2n) is 7.55. The molecule has 0 unspecified atom stereocenters. The van der Waals surface area contributed by atoms with Crippen molar-refractivity contribution in [3.05, 3.63) is 95.8 Å². The quantitative estimate of drug-likeness (QED) is 0.530. The minimum absolute atomic E-state index is 0.192. The molecule has 0 atom stereocenters. The lowest BCUT2D eigenvalue weighted by molar-refractivity contribution is 0.573. The second-order valence-corrected chi connectivity index (χ2v) is 9.39. The molecule has 2 aromatic carbocycles. The van der Waals surface area contributed by atoms with Crippen molar-refractivity contribution < 1.29 is 8.42 Å². The fraction of sp³-hybridized carbons (Fsp3) is 0.227. The van der Waals surface area contributed by atoms with Gasteiger partial charge in [-0.15, -0.1) is 0 Å². The third-order valence-electron chi connectivity index (χ3n) is 5.08. The van der Waals surface area contributed by atoms with Crippen LogP contribution >= 0.6 is 0 Å². The van der Waals surface area contributed by atoms with Crippen LogP contribution in [0.1, 0.15) is 16.8 Å². The summed E-state index contributed by atoms with van der Waals surface area (Å²) in [5.74, 6) is 0. The van der Waals surface area contributed by atoms with E-state index in [1.165, 1.54) is 6.20 Å². The maximum absolute atomic E-state index is 13.6. The summed E-state index contributed by atoms with van der Waals surface area (Å²) in [4.78, 5) is 4.45. The van der Waals surface area contributed by atoms with E-state index < -0.39 is 10.0 Å². The highest BCUT2D eigenvalue weighted by atomic mass is 32.2. The minimum Gasteiger partial charge on any atom is -0.277 e. The van der Waals surface area contributed by atoms with Gasteiger partial charge in [-0.3, -0.25) is 9.11 Å². The molecule has 4 nitrogen and oxygen atoms in total. The molecule has 1 aromatic heterocycles. The molecule has 0 aliphatic rings. The van der Waals surface area contributed by atoms with Gasteiger partial charge in [-0.05, 0) is 31.7 Å². The Morgan fingerprint density at radius 2 is 1.28 bits per heavy atom. The van der Waals surface area contributed by atoms with Gasteiger partial charge >= 0.3 is 0 Å². The number of aryl methyl sites for hydroxylation is 1. The van der Waals surface area contributed by atoms with Crippen molar-refractivity contribution in [3.63, 3.8) is 0 Å². The van der Waals surface area contributed by atoms with Crippen LogP contribution in [0.3, 0.4) is 0 Å². The third-order valence-corrected chi connectivity index (χ3v) is 7.19. The molecule has 0 spiro atoms. The van der Waals surface area contributed by atoms with Gasteiger partial charge in [-0.25, -0.2) is 8.42 Å². The molecule has 0 aliphatic carbocycles. The smallest absolute Gasteiger partial charge is 0.229 e. The molecule has 7 heteroatoms. The molecule has 3 rings (SSSR count). The Labute approximate surface area is 175 Å². The van der Waals surface area contributed by atoms with Crippen LogP contribution in [-0.4, -0.2) is 31.2 Å². The maximum atomic E-state index is 13.6. The molecule has 0 bridgehead atoms. The molecule has 0 saturated heterocycles. The third kappa shape index (κ3) is 5.37. The molecule has 1 heterocycles. The van der Waals surface area contributed by atoms with Crippen LogP contribution in [0.2, 0.25) is 13.6 Å². The van der Waals surface area contributed by atoms with E-state index in [1.54, 1.807) is 16.3 Å². The normalized spacial score (nSPS) is 11.4. The first-order valence-corrected chi connectivity index (χ1v) is 11.4. The average molecular weight is 404 g/mol. The monoisotopic (exact) mass is 404 g/mol. The molecule has 0 N–H and O–H groups in total. The summed E-state index contributed by atoms with van der Waals surface area (Å²) in [5.41, 5.74) is 3.04. The van der Waals surface area contributed by atoms with E-state index >= 15 is 0 Å². The summed E-state index contributed by atoms with van der Waals surface area (Å²) in [6.45, 7) is 5.43. The van der Waals surface area contributed by atoms with E-state index in [2.05, 4.69) is 4.98 Å². The number of rotatable bonds is 8. The molecule has 0 fully saturated rings. The Balaban J connectivity index is 1.94. The zero-order valence-electron chi connectivity index (χ0n) is 17.2. The molecule has 3 aromatic rings. The zero-order chi connectivity index (χ0) is 20.9. The van der Waals surface area contributed by atoms with Crippen molar-refractivity contribution in [1.82, 2.24) is 9.11 Å². The van der Waals surface area contributed by atoms with Gasteiger partial charge in [0.25, 0.3) is 0 Å². The van der Waals surface area contributed by atoms with Crippen LogP contribution in [0.15, 0.2) is 83.9 Å². The average Bonchev–Trinajstić information content (AvgIpc) is 2.69. The number of pyridine rings is 1. The fourth-order valence-corrected chi connectivity index (χ4v) is 5.49. The number of nitrogens with zero attached hydrogens (tertiary/aromatic N) is 2. The van der Waals surface area contributed by atoms with Gasteiger partial charge in [0.05, 0.1) is 4.90 Å². The van der Waals surface area contributed by atoms with E-state index in [0.717, 1.165) is 16.8 Å². The fourth-order valence-electron chi connectivity index (χ4n) is 3.73. The molecule has 0 saturated carbocycles. The van der Waals surface area contributed by atoms with E-state index in [9.17, 15) is 8.42 Å². The highest BCUT2D eigenvalue weighted by Crippen LogP contribution is 2.22. The lowest BCUT2D eigenvalue weighted by atomic mass is 9.48.